The molecule has 0 spiro atoms. The number of nitrogens with one attached hydrogen (secondary N) is 1. The zero-order valence-electron chi connectivity index (χ0n) is 20.2. The van der Waals surface area contributed by atoms with Crippen LogP contribution < -0.4 is 14.8 Å². The van der Waals surface area contributed by atoms with E-state index in [4.69, 9.17) is 9.47 Å². The van der Waals surface area contributed by atoms with Crippen LogP contribution in [0.25, 0.3) is 21.9 Å². The third-order valence-electron chi connectivity index (χ3n) is 6.18. The molecule has 0 saturated heterocycles. The van der Waals surface area contributed by atoms with Crippen molar-refractivity contribution in [3.05, 3.63) is 95.6 Å². The van der Waals surface area contributed by atoms with Gasteiger partial charge in [0.15, 0.2) is 0 Å². The number of carboxylic acids is 1. The van der Waals surface area contributed by atoms with Crippen molar-refractivity contribution in [2.45, 2.75) is 25.9 Å². The van der Waals surface area contributed by atoms with Gasteiger partial charge in [-0.3, -0.25) is 0 Å². The normalized spacial score (nSPS) is 12.5. The van der Waals surface area contributed by atoms with Crippen molar-refractivity contribution in [1.29, 1.82) is 0 Å². The molecule has 2 atom stereocenters. The van der Waals surface area contributed by atoms with Crippen LogP contribution in [0.4, 0.5) is 0 Å². The zero-order valence-corrected chi connectivity index (χ0v) is 21.1. The quantitative estimate of drug-likeness (QED) is 0.276. The number of methoxy groups -OCH3 is 2. The van der Waals surface area contributed by atoms with Crippen LogP contribution in [-0.2, 0) is 0 Å². The maximum absolute atomic E-state index is 11.7. The molecular formula is C29H30ClNO4. The maximum atomic E-state index is 11.7. The standard InChI is InChI=1S/C29H29NO4.ClH/c1-18(20-9-7-10-25(14-20)33-3)30-19(2)22-12-21-8-5-6-11-27(21)28(17-22)23-13-24(29(31)32)16-26(15-23)34-4;/h5-19,30H,1-4H3,(H,31,32);1H/t18-,19?;/m1./s1. The highest BCUT2D eigenvalue weighted by atomic mass is 35.5. The van der Waals surface area contributed by atoms with Crippen molar-refractivity contribution in [3.8, 4) is 22.6 Å². The lowest BCUT2D eigenvalue weighted by Crippen LogP contribution is -2.22. The first-order valence-electron chi connectivity index (χ1n) is 11.2. The Kier molecular flexibility index (Phi) is 8.39. The predicted molar refractivity (Wildman–Crippen MR) is 143 cm³/mol. The Morgan fingerprint density at radius 3 is 2.23 bits per heavy atom. The number of benzene rings is 4. The summed E-state index contributed by atoms with van der Waals surface area (Å²) in [5, 5.41) is 15.4. The highest BCUT2D eigenvalue weighted by molar-refractivity contribution is 5.99. The molecule has 0 aromatic heterocycles. The van der Waals surface area contributed by atoms with E-state index in [2.05, 4.69) is 49.5 Å². The molecule has 6 heteroatoms. The topological polar surface area (TPSA) is 67.8 Å². The highest BCUT2D eigenvalue weighted by Crippen LogP contribution is 2.35. The van der Waals surface area contributed by atoms with Gasteiger partial charge in [0.2, 0.25) is 0 Å². The second-order valence-electron chi connectivity index (χ2n) is 8.43. The Labute approximate surface area is 212 Å². The largest absolute Gasteiger partial charge is 0.497 e. The van der Waals surface area contributed by atoms with E-state index in [0.717, 1.165) is 38.8 Å². The Balaban J connectivity index is 0.00000342. The molecule has 0 aliphatic heterocycles. The summed E-state index contributed by atoms with van der Waals surface area (Å²) in [6, 6.07) is 25.8. The molecular weight excluding hydrogens is 462 g/mol. The average molecular weight is 492 g/mol. The van der Waals surface area contributed by atoms with E-state index in [9.17, 15) is 9.90 Å². The molecule has 0 heterocycles. The molecule has 1 unspecified atom stereocenters. The minimum Gasteiger partial charge on any atom is -0.497 e. The Bertz CT molecular complexity index is 1340. The second-order valence-corrected chi connectivity index (χ2v) is 8.43. The van der Waals surface area contributed by atoms with E-state index >= 15 is 0 Å². The van der Waals surface area contributed by atoms with Crippen molar-refractivity contribution < 1.29 is 19.4 Å². The third kappa shape index (κ3) is 5.76. The van der Waals surface area contributed by atoms with Gasteiger partial charge in [-0.2, -0.15) is 0 Å². The van der Waals surface area contributed by atoms with E-state index in [1.54, 1.807) is 20.3 Å². The van der Waals surface area contributed by atoms with E-state index in [-0.39, 0.29) is 30.1 Å². The van der Waals surface area contributed by atoms with Crippen molar-refractivity contribution in [2.75, 3.05) is 14.2 Å². The number of carboxylic acid groups (broad SMARTS) is 1. The van der Waals surface area contributed by atoms with Crippen LogP contribution in [0.15, 0.2) is 78.9 Å². The number of ether oxygens (including phenoxy) is 2. The van der Waals surface area contributed by atoms with Gasteiger partial charge in [0.25, 0.3) is 0 Å². The number of fused-ring (bicyclic) bond motifs is 1. The molecule has 0 amide bonds. The minimum absolute atomic E-state index is 0. The molecule has 2 N–H and O–H groups in total. The SMILES string of the molecule is COc1cc(C(=O)O)cc(-c2cc(C(C)N[C@H](C)c3cccc(OC)c3)cc3ccccc23)c1.Cl. The lowest BCUT2D eigenvalue weighted by Gasteiger charge is -2.23. The number of hydrogen-bond acceptors (Lipinski definition) is 4. The summed E-state index contributed by atoms with van der Waals surface area (Å²) in [7, 11) is 3.22. The Morgan fingerprint density at radius 1 is 0.800 bits per heavy atom. The smallest absolute Gasteiger partial charge is 0.335 e. The van der Waals surface area contributed by atoms with Gasteiger partial charge in [0.05, 0.1) is 19.8 Å². The van der Waals surface area contributed by atoms with Gasteiger partial charge < -0.3 is 19.9 Å². The molecule has 4 aromatic carbocycles. The third-order valence-corrected chi connectivity index (χ3v) is 6.18. The van der Waals surface area contributed by atoms with Crippen LogP contribution in [0, 0.1) is 0 Å². The molecule has 0 aliphatic carbocycles. The fourth-order valence-electron chi connectivity index (χ4n) is 4.30. The monoisotopic (exact) mass is 491 g/mol. The van der Waals surface area contributed by atoms with E-state index in [1.807, 2.05) is 36.4 Å². The zero-order chi connectivity index (χ0) is 24.2. The van der Waals surface area contributed by atoms with Gasteiger partial charge in [-0.25, -0.2) is 4.79 Å². The fraction of sp³-hybridized carbons (Fsp3) is 0.207. The van der Waals surface area contributed by atoms with Gasteiger partial charge in [-0.15, -0.1) is 12.4 Å². The molecule has 0 bridgehead atoms. The summed E-state index contributed by atoms with van der Waals surface area (Å²) in [6.07, 6.45) is 0. The molecule has 0 saturated carbocycles. The predicted octanol–water partition coefficient (Wildman–Crippen LogP) is 7.06. The van der Waals surface area contributed by atoms with E-state index < -0.39 is 5.97 Å². The van der Waals surface area contributed by atoms with Gasteiger partial charge in [-0.1, -0.05) is 36.4 Å². The minimum atomic E-state index is -0.984. The van der Waals surface area contributed by atoms with Gasteiger partial charge in [0, 0.05) is 12.1 Å². The summed E-state index contributed by atoms with van der Waals surface area (Å²) < 4.78 is 10.8. The molecule has 4 rings (SSSR count). The van der Waals surface area contributed by atoms with Crippen LogP contribution in [0.3, 0.4) is 0 Å². The number of hydrogen-bond donors (Lipinski definition) is 2. The number of rotatable bonds is 8. The maximum Gasteiger partial charge on any atom is 0.335 e. The second kappa shape index (κ2) is 11.3. The summed E-state index contributed by atoms with van der Waals surface area (Å²) in [4.78, 5) is 11.7. The van der Waals surface area contributed by atoms with Gasteiger partial charge in [-0.05, 0) is 89.3 Å². The lowest BCUT2D eigenvalue weighted by molar-refractivity contribution is 0.0696. The molecule has 182 valence electrons. The molecule has 0 aliphatic rings. The average Bonchev–Trinajstić information content (AvgIpc) is 2.87. The van der Waals surface area contributed by atoms with Crippen molar-refractivity contribution in [2.24, 2.45) is 0 Å². The summed E-state index contributed by atoms with van der Waals surface area (Å²) in [6.45, 7) is 4.27. The summed E-state index contributed by atoms with van der Waals surface area (Å²) in [5.74, 6) is 0.365. The van der Waals surface area contributed by atoms with Crippen molar-refractivity contribution in [1.82, 2.24) is 5.32 Å². The molecule has 35 heavy (non-hydrogen) atoms. The van der Waals surface area contributed by atoms with Crippen LogP contribution in [0.2, 0.25) is 0 Å². The lowest BCUT2D eigenvalue weighted by atomic mass is 9.92. The Morgan fingerprint density at radius 2 is 1.51 bits per heavy atom. The first-order valence-corrected chi connectivity index (χ1v) is 11.2. The van der Waals surface area contributed by atoms with Gasteiger partial charge >= 0.3 is 5.97 Å². The van der Waals surface area contributed by atoms with Crippen LogP contribution in [0.5, 0.6) is 11.5 Å². The van der Waals surface area contributed by atoms with E-state index in [0.29, 0.717) is 5.75 Å². The molecule has 0 radical (unpaired) electrons. The van der Waals surface area contributed by atoms with Crippen molar-refractivity contribution in [3.63, 3.8) is 0 Å². The van der Waals surface area contributed by atoms with Gasteiger partial charge in [0.1, 0.15) is 11.5 Å². The van der Waals surface area contributed by atoms with Crippen LogP contribution >= 0.6 is 12.4 Å². The Hall–Kier alpha value is -3.54. The fourth-order valence-corrected chi connectivity index (χ4v) is 4.30. The summed E-state index contributed by atoms with van der Waals surface area (Å²) >= 11 is 0. The highest BCUT2D eigenvalue weighted by Gasteiger charge is 2.16. The number of carbonyl (C=O) groups is 1. The first-order chi connectivity index (χ1) is 16.4. The van der Waals surface area contributed by atoms with Crippen molar-refractivity contribution >= 4 is 29.1 Å². The van der Waals surface area contributed by atoms with Crippen LogP contribution in [-0.4, -0.2) is 25.3 Å². The number of halogens is 1. The first kappa shape index (κ1) is 26.1. The molecule has 4 aromatic rings. The molecule has 5 nitrogen and oxygen atoms in total. The van der Waals surface area contributed by atoms with Crippen LogP contribution in [0.1, 0.15) is 47.4 Å². The molecule has 0 fully saturated rings. The summed E-state index contributed by atoms with van der Waals surface area (Å²) in [5.41, 5.74) is 4.23. The number of aromatic carboxylic acids is 1. The van der Waals surface area contributed by atoms with E-state index in [1.165, 1.54) is 6.07 Å².